The van der Waals surface area contributed by atoms with Crippen molar-refractivity contribution in [1.29, 1.82) is 0 Å². The van der Waals surface area contributed by atoms with Crippen LogP contribution in [0, 0.1) is 11.3 Å². The fraction of sp³-hybridized carbons (Fsp3) is 0.429. The van der Waals surface area contributed by atoms with Gasteiger partial charge in [-0.15, -0.1) is 0 Å². The number of pyridine rings is 1. The summed E-state index contributed by atoms with van der Waals surface area (Å²) in [4.78, 5) is 19.1. The van der Waals surface area contributed by atoms with Crippen LogP contribution < -0.4 is 5.32 Å². The number of hydrogen-bond donors (Lipinski definition) is 1. The summed E-state index contributed by atoms with van der Waals surface area (Å²) in [6.07, 6.45) is 6.91. The van der Waals surface area contributed by atoms with Gasteiger partial charge in [-0.25, -0.2) is 0 Å². The molecule has 1 N–H and O–H groups in total. The van der Waals surface area contributed by atoms with Gasteiger partial charge in [0.2, 0.25) is 5.91 Å². The highest BCUT2D eigenvalue weighted by molar-refractivity contribution is 5.82. The number of carbonyl (C=O) groups excluding carboxylic acids is 1. The number of likely N-dealkylation sites (tertiary alicyclic amines) is 1. The van der Waals surface area contributed by atoms with Gasteiger partial charge in [0.1, 0.15) is 0 Å². The second kappa shape index (κ2) is 6.96. The lowest BCUT2D eigenvalue weighted by molar-refractivity contribution is -0.123. The maximum atomic E-state index is 12.5. The Hall–Kier alpha value is -2.20. The van der Waals surface area contributed by atoms with Crippen molar-refractivity contribution in [3.8, 4) is 0 Å². The number of hydrogen-bond acceptors (Lipinski definition) is 3. The molecule has 4 nitrogen and oxygen atoms in total. The largest absolute Gasteiger partial charge is 0.352 e. The number of nitrogens with zero attached hydrogens (tertiary/aromatic N) is 2. The standard InChI is InChI=1S/C21H25N3O/c25-20(23-15-18-7-4-10-22-14-18)19-13-21(19)8-11-24(12-9-21)16-17-5-2-1-3-6-17/h1-7,10,14,19H,8-9,11-13,15-16H2,(H,23,25). The molecule has 1 aliphatic carbocycles. The maximum Gasteiger partial charge on any atom is 0.223 e. The lowest BCUT2D eigenvalue weighted by Gasteiger charge is -2.32. The first-order valence-corrected chi connectivity index (χ1v) is 9.18. The van der Waals surface area contributed by atoms with Gasteiger partial charge < -0.3 is 5.32 Å². The third kappa shape index (κ3) is 3.74. The van der Waals surface area contributed by atoms with Crippen molar-refractivity contribution in [2.75, 3.05) is 13.1 Å². The van der Waals surface area contributed by atoms with Gasteiger partial charge >= 0.3 is 0 Å². The predicted molar refractivity (Wildman–Crippen MR) is 97.6 cm³/mol. The third-order valence-corrected chi connectivity index (χ3v) is 5.80. The fourth-order valence-electron chi connectivity index (χ4n) is 4.08. The highest BCUT2D eigenvalue weighted by atomic mass is 16.2. The Morgan fingerprint density at radius 3 is 2.60 bits per heavy atom. The zero-order valence-electron chi connectivity index (χ0n) is 14.5. The van der Waals surface area contributed by atoms with Crippen molar-refractivity contribution in [2.24, 2.45) is 11.3 Å². The van der Waals surface area contributed by atoms with E-state index in [4.69, 9.17) is 0 Å². The molecular weight excluding hydrogens is 310 g/mol. The van der Waals surface area contributed by atoms with Gasteiger partial charge in [-0.1, -0.05) is 36.4 Å². The Labute approximate surface area is 149 Å². The highest BCUT2D eigenvalue weighted by Crippen LogP contribution is 2.59. The van der Waals surface area contributed by atoms with Gasteiger partial charge in [-0.05, 0) is 55.0 Å². The van der Waals surface area contributed by atoms with Crippen LogP contribution in [0.5, 0.6) is 0 Å². The number of nitrogens with one attached hydrogen (secondary N) is 1. The van der Waals surface area contributed by atoms with Gasteiger partial charge in [0, 0.05) is 31.4 Å². The molecular formula is C21H25N3O. The molecule has 4 rings (SSSR count). The van der Waals surface area contributed by atoms with Crippen LogP contribution in [-0.4, -0.2) is 28.9 Å². The highest BCUT2D eigenvalue weighted by Gasteiger charge is 2.58. The molecule has 2 fully saturated rings. The minimum atomic E-state index is 0.211. The summed E-state index contributed by atoms with van der Waals surface area (Å²) in [5.74, 6) is 0.434. The molecule has 0 bridgehead atoms. The predicted octanol–water partition coefficient (Wildman–Crippen LogP) is 3.00. The van der Waals surface area contributed by atoms with Crippen LogP contribution in [0.4, 0.5) is 0 Å². The van der Waals surface area contributed by atoms with E-state index in [1.54, 1.807) is 6.20 Å². The van der Waals surface area contributed by atoms with E-state index in [1.165, 1.54) is 5.56 Å². The summed E-state index contributed by atoms with van der Waals surface area (Å²) in [7, 11) is 0. The maximum absolute atomic E-state index is 12.5. The van der Waals surface area contributed by atoms with Crippen molar-refractivity contribution in [2.45, 2.75) is 32.4 Å². The van der Waals surface area contributed by atoms with Crippen LogP contribution in [0.3, 0.4) is 0 Å². The van der Waals surface area contributed by atoms with E-state index < -0.39 is 0 Å². The first kappa shape index (κ1) is 16.3. The van der Waals surface area contributed by atoms with E-state index in [9.17, 15) is 4.79 Å². The van der Waals surface area contributed by atoms with E-state index in [2.05, 4.69) is 45.5 Å². The molecule has 1 aromatic carbocycles. The molecule has 1 amide bonds. The number of carbonyl (C=O) groups is 1. The molecule has 130 valence electrons. The first-order chi connectivity index (χ1) is 12.3. The minimum Gasteiger partial charge on any atom is -0.352 e. The molecule has 1 spiro atoms. The fourth-order valence-corrected chi connectivity index (χ4v) is 4.08. The quantitative estimate of drug-likeness (QED) is 0.914. The Morgan fingerprint density at radius 2 is 1.88 bits per heavy atom. The van der Waals surface area contributed by atoms with Crippen LogP contribution in [0.2, 0.25) is 0 Å². The average Bonchev–Trinajstić information content (AvgIpc) is 3.37. The SMILES string of the molecule is O=C(NCc1cccnc1)C1CC12CCN(Cc1ccccc1)CC2. The zero-order chi connectivity index (χ0) is 17.1. The lowest BCUT2D eigenvalue weighted by atomic mass is 9.90. The van der Waals surface area contributed by atoms with Crippen LogP contribution in [0.1, 0.15) is 30.4 Å². The van der Waals surface area contributed by atoms with Gasteiger partial charge in [0.15, 0.2) is 0 Å². The van der Waals surface area contributed by atoms with E-state index in [1.807, 2.05) is 18.3 Å². The van der Waals surface area contributed by atoms with Gasteiger partial charge in [0.05, 0.1) is 0 Å². The number of piperidine rings is 1. The molecule has 1 saturated heterocycles. The van der Waals surface area contributed by atoms with Crippen LogP contribution in [-0.2, 0) is 17.9 Å². The average molecular weight is 335 g/mol. The molecule has 4 heteroatoms. The molecule has 1 atom stereocenters. The molecule has 1 aliphatic heterocycles. The molecule has 2 aliphatic rings. The summed E-state index contributed by atoms with van der Waals surface area (Å²) in [5, 5.41) is 3.09. The van der Waals surface area contributed by atoms with E-state index in [0.29, 0.717) is 6.54 Å². The monoisotopic (exact) mass is 335 g/mol. The zero-order valence-corrected chi connectivity index (χ0v) is 14.5. The lowest BCUT2D eigenvalue weighted by Crippen LogP contribution is -2.36. The first-order valence-electron chi connectivity index (χ1n) is 9.18. The molecule has 0 radical (unpaired) electrons. The van der Waals surface area contributed by atoms with Crippen molar-refractivity contribution in [3.05, 3.63) is 66.0 Å². The van der Waals surface area contributed by atoms with E-state index in [-0.39, 0.29) is 17.2 Å². The van der Waals surface area contributed by atoms with Crippen molar-refractivity contribution in [1.82, 2.24) is 15.2 Å². The van der Waals surface area contributed by atoms with Crippen LogP contribution >= 0.6 is 0 Å². The van der Waals surface area contributed by atoms with E-state index in [0.717, 1.165) is 44.5 Å². The number of benzene rings is 1. The molecule has 2 aromatic rings. The summed E-state index contributed by atoms with van der Waals surface area (Å²) in [6.45, 7) is 3.80. The van der Waals surface area contributed by atoms with Crippen molar-refractivity contribution < 1.29 is 4.79 Å². The Bertz CT molecular complexity index is 708. The topological polar surface area (TPSA) is 45.2 Å². The Kier molecular flexibility index (Phi) is 4.53. The molecule has 1 saturated carbocycles. The molecule has 25 heavy (non-hydrogen) atoms. The molecule has 1 unspecified atom stereocenters. The van der Waals surface area contributed by atoms with Gasteiger partial charge in [-0.2, -0.15) is 0 Å². The number of amides is 1. The summed E-state index contributed by atoms with van der Waals surface area (Å²) in [6, 6.07) is 14.6. The van der Waals surface area contributed by atoms with Gasteiger partial charge in [0.25, 0.3) is 0 Å². The van der Waals surface area contributed by atoms with Crippen LogP contribution in [0.15, 0.2) is 54.9 Å². The second-order valence-corrected chi connectivity index (χ2v) is 7.46. The third-order valence-electron chi connectivity index (χ3n) is 5.80. The smallest absolute Gasteiger partial charge is 0.223 e. The minimum absolute atomic E-state index is 0.211. The van der Waals surface area contributed by atoms with Crippen molar-refractivity contribution >= 4 is 5.91 Å². The second-order valence-electron chi connectivity index (χ2n) is 7.46. The molecule has 1 aromatic heterocycles. The summed E-state index contributed by atoms with van der Waals surface area (Å²) < 4.78 is 0. The van der Waals surface area contributed by atoms with Crippen LogP contribution in [0.25, 0.3) is 0 Å². The summed E-state index contributed by atoms with van der Waals surface area (Å²) >= 11 is 0. The number of rotatable bonds is 5. The molecule has 2 heterocycles. The van der Waals surface area contributed by atoms with E-state index >= 15 is 0 Å². The Balaban J connectivity index is 1.25. The summed E-state index contributed by atoms with van der Waals surface area (Å²) in [5.41, 5.74) is 2.70. The van der Waals surface area contributed by atoms with Gasteiger partial charge in [-0.3, -0.25) is 14.7 Å². The number of aromatic nitrogens is 1. The van der Waals surface area contributed by atoms with Crippen molar-refractivity contribution in [3.63, 3.8) is 0 Å². The normalized spacial score (nSPS) is 21.8. The Morgan fingerprint density at radius 1 is 1.12 bits per heavy atom.